The minimum absolute atomic E-state index is 0.235. The lowest BCUT2D eigenvalue weighted by Crippen LogP contribution is -2.11. The summed E-state index contributed by atoms with van der Waals surface area (Å²) in [5.74, 6) is -0.468. The van der Waals surface area contributed by atoms with Crippen LogP contribution in [0.3, 0.4) is 0 Å². The van der Waals surface area contributed by atoms with Crippen LogP contribution in [0.4, 0.5) is 4.39 Å². The lowest BCUT2D eigenvalue weighted by Gasteiger charge is -2.11. The monoisotopic (exact) mass is 504 g/mol. The van der Waals surface area contributed by atoms with E-state index in [1.165, 1.54) is 17.0 Å². The average Bonchev–Trinajstić information content (AvgIpc) is 3.56. The summed E-state index contributed by atoms with van der Waals surface area (Å²) in [6.45, 7) is 2.05. The van der Waals surface area contributed by atoms with Crippen molar-refractivity contribution >= 4 is 22.4 Å². The Morgan fingerprint density at radius 2 is 1.92 bits per heavy atom. The van der Waals surface area contributed by atoms with E-state index in [4.69, 9.17) is 4.74 Å². The molecule has 0 saturated heterocycles. The number of aromatic nitrogens is 4. The Hall–Kier alpha value is -4.78. The molecule has 0 atom stereocenters. The van der Waals surface area contributed by atoms with Crippen LogP contribution in [0.2, 0.25) is 0 Å². The van der Waals surface area contributed by atoms with Crippen LogP contribution in [0.1, 0.15) is 28.2 Å². The number of carbonyl (C=O) groups is 1. The van der Waals surface area contributed by atoms with E-state index >= 15 is 0 Å². The van der Waals surface area contributed by atoms with Crippen LogP contribution >= 0.6 is 0 Å². The molecule has 0 saturated carbocycles. The van der Waals surface area contributed by atoms with E-state index in [-0.39, 0.29) is 11.6 Å². The van der Waals surface area contributed by atoms with Gasteiger partial charge in [-0.15, -0.1) is 0 Å². The quantitative estimate of drug-likeness (QED) is 0.192. The van der Waals surface area contributed by atoms with Crippen molar-refractivity contribution in [2.75, 3.05) is 6.61 Å². The van der Waals surface area contributed by atoms with E-state index in [0.29, 0.717) is 18.6 Å². The smallest absolute Gasteiger partial charge is 0.374 e. The first-order valence-electron chi connectivity index (χ1n) is 12.5. The van der Waals surface area contributed by atoms with Gasteiger partial charge in [-0.1, -0.05) is 24.3 Å². The van der Waals surface area contributed by atoms with Crippen LogP contribution in [0.15, 0.2) is 91.5 Å². The number of fused-ring (bicyclic) bond motifs is 2. The number of nitrogens with zero attached hydrogens (tertiary/aromatic N) is 3. The predicted octanol–water partition coefficient (Wildman–Crippen LogP) is 6.78. The van der Waals surface area contributed by atoms with Crippen molar-refractivity contribution in [1.29, 1.82) is 0 Å². The number of imidazole rings is 1. The number of nitrogens with one attached hydrogen (secondary N) is 1. The molecule has 0 radical (unpaired) electrons. The van der Waals surface area contributed by atoms with Gasteiger partial charge in [0.05, 0.1) is 24.0 Å². The van der Waals surface area contributed by atoms with Gasteiger partial charge in [0.2, 0.25) is 5.82 Å². The van der Waals surface area contributed by atoms with E-state index in [1.807, 2.05) is 54.9 Å². The van der Waals surface area contributed by atoms with Gasteiger partial charge in [0, 0.05) is 40.6 Å². The zero-order valence-corrected chi connectivity index (χ0v) is 20.8. The average molecular weight is 505 g/mol. The van der Waals surface area contributed by atoms with Gasteiger partial charge >= 0.3 is 5.97 Å². The first kappa shape index (κ1) is 23.6. The number of hydrogen-bond donors (Lipinski definition) is 1. The highest BCUT2D eigenvalue weighted by Crippen LogP contribution is 2.32. The van der Waals surface area contributed by atoms with Crippen molar-refractivity contribution in [3.63, 3.8) is 0 Å². The molecule has 0 bridgehead atoms. The molecule has 0 unspecified atom stereocenters. The molecule has 6 rings (SSSR count). The third kappa shape index (κ3) is 4.43. The maximum Gasteiger partial charge on any atom is 0.374 e. The zero-order chi connectivity index (χ0) is 26.1. The number of carbonyl (C=O) groups excluding carboxylic acids is 1. The third-order valence-corrected chi connectivity index (χ3v) is 6.76. The van der Waals surface area contributed by atoms with Crippen LogP contribution in [0.5, 0.6) is 0 Å². The molecule has 4 aromatic heterocycles. The maximum atomic E-state index is 13.8. The van der Waals surface area contributed by atoms with E-state index in [9.17, 15) is 9.18 Å². The highest BCUT2D eigenvalue weighted by Gasteiger charge is 2.16. The molecule has 0 spiro atoms. The Labute approximate surface area is 218 Å². The van der Waals surface area contributed by atoms with Crippen LogP contribution in [-0.2, 0) is 11.2 Å². The SMILES string of the molecule is Cc1cc(-c2ncccc2-c2ccn3c(C(=O)OCCCc4c[nH]c5ccccc45)ncc3c2)ccc1F. The molecular weight excluding hydrogens is 479 g/mol. The van der Waals surface area contributed by atoms with Crippen LogP contribution in [0, 0.1) is 12.7 Å². The van der Waals surface area contributed by atoms with Crippen molar-refractivity contribution < 1.29 is 13.9 Å². The van der Waals surface area contributed by atoms with Gasteiger partial charge in [-0.25, -0.2) is 14.2 Å². The molecule has 0 aliphatic rings. The number of halogens is 1. The molecule has 4 heterocycles. The molecule has 7 heteroatoms. The molecule has 0 aliphatic heterocycles. The fourth-order valence-electron chi connectivity index (χ4n) is 4.81. The van der Waals surface area contributed by atoms with Crippen molar-refractivity contribution in [2.24, 2.45) is 0 Å². The van der Waals surface area contributed by atoms with Gasteiger partial charge in [-0.2, -0.15) is 0 Å². The molecule has 0 aliphatic carbocycles. The minimum atomic E-state index is -0.458. The number of pyridine rings is 2. The first-order valence-corrected chi connectivity index (χ1v) is 12.5. The van der Waals surface area contributed by atoms with Crippen molar-refractivity contribution in [3.05, 3.63) is 114 Å². The normalized spacial score (nSPS) is 11.3. The van der Waals surface area contributed by atoms with E-state index in [2.05, 4.69) is 21.0 Å². The van der Waals surface area contributed by atoms with Crippen LogP contribution in [0.25, 0.3) is 38.8 Å². The van der Waals surface area contributed by atoms with Gasteiger partial charge in [0.15, 0.2) is 0 Å². The fraction of sp³-hybridized carbons (Fsp3) is 0.129. The fourth-order valence-corrected chi connectivity index (χ4v) is 4.81. The number of hydrogen-bond acceptors (Lipinski definition) is 4. The lowest BCUT2D eigenvalue weighted by molar-refractivity contribution is 0.0485. The summed E-state index contributed by atoms with van der Waals surface area (Å²) in [4.78, 5) is 25.0. The number of H-pyrrole nitrogens is 1. The Bertz CT molecular complexity index is 1790. The number of ether oxygens (including phenoxy) is 1. The molecule has 38 heavy (non-hydrogen) atoms. The topological polar surface area (TPSA) is 72.3 Å². The molecule has 6 aromatic rings. The van der Waals surface area contributed by atoms with Gasteiger partial charge in [-0.3, -0.25) is 9.38 Å². The molecule has 0 amide bonds. The number of aryl methyl sites for hydroxylation is 2. The lowest BCUT2D eigenvalue weighted by atomic mass is 9.99. The summed E-state index contributed by atoms with van der Waals surface area (Å²) in [7, 11) is 0. The standard InChI is InChI=1S/C31H25FN4O2/c1-20-16-22(10-11-27(20)32)29-26(8-4-13-33-29)21-12-14-36-24(17-21)19-35-30(36)31(37)38-15-5-6-23-18-34-28-9-3-2-7-25(23)28/h2-4,7-14,16-19,34H,5-6,15H2,1H3. The zero-order valence-electron chi connectivity index (χ0n) is 20.8. The number of para-hydroxylation sites is 1. The van der Waals surface area contributed by atoms with Crippen LogP contribution in [-0.4, -0.2) is 31.9 Å². The summed E-state index contributed by atoms with van der Waals surface area (Å²) in [5, 5.41) is 1.19. The van der Waals surface area contributed by atoms with E-state index in [0.717, 1.165) is 39.8 Å². The summed E-state index contributed by atoms with van der Waals surface area (Å²) in [6.07, 6.45) is 8.73. The van der Waals surface area contributed by atoms with Gasteiger partial charge in [0.25, 0.3) is 0 Å². The van der Waals surface area contributed by atoms with Gasteiger partial charge in [0.1, 0.15) is 5.82 Å². The number of esters is 1. The summed E-state index contributed by atoms with van der Waals surface area (Å²) >= 11 is 0. The molecule has 6 nitrogen and oxygen atoms in total. The highest BCUT2D eigenvalue weighted by molar-refractivity contribution is 5.88. The van der Waals surface area contributed by atoms with Crippen LogP contribution < -0.4 is 0 Å². The number of benzene rings is 2. The van der Waals surface area contributed by atoms with E-state index < -0.39 is 5.97 Å². The Morgan fingerprint density at radius 3 is 2.82 bits per heavy atom. The Balaban J connectivity index is 1.18. The van der Waals surface area contributed by atoms with Crippen molar-refractivity contribution in [2.45, 2.75) is 19.8 Å². The molecule has 1 N–H and O–H groups in total. The van der Waals surface area contributed by atoms with Crippen molar-refractivity contribution in [1.82, 2.24) is 19.4 Å². The second-order valence-electron chi connectivity index (χ2n) is 9.25. The van der Waals surface area contributed by atoms with Gasteiger partial charge in [-0.05, 0) is 78.9 Å². The minimum Gasteiger partial charge on any atom is -0.460 e. The summed E-state index contributed by atoms with van der Waals surface area (Å²) in [5.41, 5.74) is 7.06. The van der Waals surface area contributed by atoms with E-state index in [1.54, 1.807) is 35.9 Å². The highest BCUT2D eigenvalue weighted by atomic mass is 19.1. The Morgan fingerprint density at radius 1 is 1.03 bits per heavy atom. The van der Waals surface area contributed by atoms with Gasteiger partial charge < -0.3 is 9.72 Å². The predicted molar refractivity (Wildman–Crippen MR) is 145 cm³/mol. The number of rotatable bonds is 7. The molecular formula is C31H25FN4O2. The second-order valence-corrected chi connectivity index (χ2v) is 9.25. The maximum absolute atomic E-state index is 13.8. The largest absolute Gasteiger partial charge is 0.460 e. The van der Waals surface area contributed by atoms with Crippen molar-refractivity contribution in [3.8, 4) is 22.4 Å². The first-order chi connectivity index (χ1) is 18.6. The molecule has 2 aromatic carbocycles. The molecule has 188 valence electrons. The summed E-state index contributed by atoms with van der Waals surface area (Å²) in [6, 6.07) is 20.9. The Kier molecular flexibility index (Phi) is 6.17. The summed E-state index contributed by atoms with van der Waals surface area (Å²) < 4.78 is 21.1. The second kappa shape index (κ2) is 9.94. The molecule has 0 fully saturated rings. The third-order valence-electron chi connectivity index (χ3n) is 6.76. The number of aromatic amines is 1.